The van der Waals surface area contributed by atoms with Gasteiger partial charge in [-0.25, -0.2) is 0 Å². The molecule has 0 spiro atoms. The van der Waals surface area contributed by atoms with Crippen molar-refractivity contribution in [3.8, 4) is 0 Å². The minimum atomic E-state index is -1.56. The van der Waals surface area contributed by atoms with E-state index in [2.05, 4.69) is 34.8 Å². The second kappa shape index (κ2) is 4.13. The lowest BCUT2D eigenvalue weighted by molar-refractivity contribution is 0.338. The Bertz CT molecular complexity index is 281. The van der Waals surface area contributed by atoms with E-state index in [1.165, 1.54) is 0 Å². The summed E-state index contributed by atoms with van der Waals surface area (Å²) in [5.41, 5.74) is 0.709. The lowest BCUT2D eigenvalue weighted by Gasteiger charge is -2.11. The van der Waals surface area contributed by atoms with Gasteiger partial charge in [0.1, 0.15) is 5.69 Å². The summed E-state index contributed by atoms with van der Waals surface area (Å²) in [6.45, 7) is 6.21. The minimum absolute atomic E-state index is 0.709. The van der Waals surface area contributed by atoms with E-state index in [0.717, 1.165) is 0 Å². The zero-order valence-corrected chi connectivity index (χ0v) is 9.06. The Kier molecular flexibility index (Phi) is 3.13. The van der Waals surface area contributed by atoms with Crippen molar-refractivity contribution in [2.75, 3.05) is 0 Å². The first-order valence-electron chi connectivity index (χ1n) is 4.05. The molecular formula is C8H13N3OSi. The smallest absolute Gasteiger partial charge is 0.278 e. The number of hydrogen-bond acceptors (Lipinski definition) is 4. The number of aromatic nitrogens is 2. The molecule has 0 aliphatic carbocycles. The predicted octanol–water partition coefficient (Wildman–Crippen LogP) is 1.66. The first-order chi connectivity index (χ1) is 6.08. The molecule has 4 nitrogen and oxygen atoms in total. The van der Waals surface area contributed by atoms with Gasteiger partial charge in [0.05, 0.1) is 12.4 Å². The van der Waals surface area contributed by atoms with Gasteiger partial charge in [-0.15, -0.1) is 5.16 Å². The molecule has 1 aromatic rings. The van der Waals surface area contributed by atoms with Crippen LogP contribution in [0.5, 0.6) is 0 Å². The lowest BCUT2D eigenvalue weighted by Crippen LogP contribution is -2.22. The molecule has 0 aromatic carbocycles. The molecule has 5 heteroatoms. The van der Waals surface area contributed by atoms with Crippen molar-refractivity contribution in [3.05, 3.63) is 24.3 Å². The Labute approximate surface area is 78.8 Å². The fraction of sp³-hybridized carbons (Fsp3) is 0.375. The van der Waals surface area contributed by atoms with Crippen molar-refractivity contribution >= 4 is 14.5 Å². The first kappa shape index (κ1) is 9.85. The normalized spacial score (nSPS) is 11.9. The molecule has 1 heterocycles. The molecule has 13 heavy (non-hydrogen) atoms. The van der Waals surface area contributed by atoms with E-state index in [4.69, 9.17) is 4.53 Å². The Hall–Kier alpha value is -1.23. The average Bonchev–Trinajstić information content (AvgIpc) is 2.04. The van der Waals surface area contributed by atoms with Crippen LogP contribution >= 0.6 is 0 Å². The second-order valence-electron chi connectivity index (χ2n) is 3.57. The van der Waals surface area contributed by atoms with Crippen LogP contribution in [0, 0.1) is 0 Å². The monoisotopic (exact) mass is 195 g/mol. The number of oxime groups is 1. The van der Waals surface area contributed by atoms with Gasteiger partial charge >= 0.3 is 0 Å². The molecule has 1 aromatic heterocycles. The van der Waals surface area contributed by atoms with Crippen molar-refractivity contribution in [1.29, 1.82) is 0 Å². The average molecular weight is 195 g/mol. The summed E-state index contributed by atoms with van der Waals surface area (Å²) in [6, 6.07) is 0. The van der Waals surface area contributed by atoms with Crippen LogP contribution in [0.15, 0.2) is 23.7 Å². The highest BCUT2D eigenvalue weighted by molar-refractivity contribution is 6.69. The SMILES string of the molecule is C[Si](C)(C)ON=Cc1cnccn1. The molecule has 0 N–H and O–H groups in total. The van der Waals surface area contributed by atoms with Gasteiger partial charge in [-0.05, 0) is 19.6 Å². The summed E-state index contributed by atoms with van der Waals surface area (Å²) < 4.78 is 5.27. The third-order valence-electron chi connectivity index (χ3n) is 1.09. The fourth-order valence-electron chi connectivity index (χ4n) is 0.616. The van der Waals surface area contributed by atoms with Crippen LogP contribution in [0.25, 0.3) is 0 Å². The van der Waals surface area contributed by atoms with Gasteiger partial charge in [0.15, 0.2) is 0 Å². The maximum absolute atomic E-state index is 5.27. The van der Waals surface area contributed by atoms with Crippen LogP contribution in [-0.2, 0) is 4.53 Å². The van der Waals surface area contributed by atoms with Crippen molar-refractivity contribution in [2.45, 2.75) is 19.6 Å². The Morgan fingerprint density at radius 1 is 1.38 bits per heavy atom. The molecule has 0 aliphatic rings. The predicted molar refractivity (Wildman–Crippen MR) is 54.1 cm³/mol. The summed E-state index contributed by atoms with van der Waals surface area (Å²) in [5, 5.41) is 3.85. The van der Waals surface area contributed by atoms with Gasteiger partial charge in [-0.2, -0.15) is 0 Å². The van der Waals surface area contributed by atoms with Gasteiger partial charge in [0, 0.05) is 12.4 Å². The molecule has 0 amide bonds. The van der Waals surface area contributed by atoms with Gasteiger partial charge in [-0.3, -0.25) is 9.97 Å². The largest absolute Gasteiger partial charge is 0.456 e. The molecule has 0 saturated carbocycles. The maximum atomic E-state index is 5.27. The first-order valence-corrected chi connectivity index (χ1v) is 7.46. The molecule has 0 aliphatic heterocycles. The van der Waals surface area contributed by atoms with E-state index >= 15 is 0 Å². The van der Waals surface area contributed by atoms with Gasteiger partial charge in [0.25, 0.3) is 8.32 Å². The number of hydrogen-bond donors (Lipinski definition) is 0. The van der Waals surface area contributed by atoms with Crippen LogP contribution in [-0.4, -0.2) is 24.5 Å². The Morgan fingerprint density at radius 2 is 2.15 bits per heavy atom. The van der Waals surface area contributed by atoms with Crippen molar-refractivity contribution in [1.82, 2.24) is 9.97 Å². The van der Waals surface area contributed by atoms with Crippen molar-refractivity contribution in [3.63, 3.8) is 0 Å². The van der Waals surface area contributed by atoms with E-state index in [0.29, 0.717) is 5.69 Å². The van der Waals surface area contributed by atoms with E-state index in [1.54, 1.807) is 24.8 Å². The molecule has 0 saturated heterocycles. The van der Waals surface area contributed by atoms with Crippen LogP contribution < -0.4 is 0 Å². The molecular weight excluding hydrogens is 182 g/mol. The third kappa shape index (κ3) is 4.37. The highest BCUT2D eigenvalue weighted by Crippen LogP contribution is 2.02. The van der Waals surface area contributed by atoms with Crippen LogP contribution in [0.4, 0.5) is 0 Å². The zero-order valence-electron chi connectivity index (χ0n) is 8.06. The Morgan fingerprint density at radius 3 is 2.69 bits per heavy atom. The van der Waals surface area contributed by atoms with Gasteiger partial charge < -0.3 is 4.53 Å². The van der Waals surface area contributed by atoms with E-state index < -0.39 is 8.32 Å². The highest BCUT2D eigenvalue weighted by atomic mass is 28.4. The van der Waals surface area contributed by atoms with Gasteiger partial charge in [-0.1, -0.05) is 0 Å². The molecule has 0 bridgehead atoms. The Balaban J connectivity index is 2.51. The molecule has 1 rings (SSSR count). The summed E-state index contributed by atoms with van der Waals surface area (Å²) in [5.74, 6) is 0. The zero-order chi connectivity index (χ0) is 9.73. The standard InChI is InChI=1S/C8H13N3OSi/c1-13(2,3)12-11-7-8-6-9-4-5-10-8/h4-7H,1-3H3. The third-order valence-corrected chi connectivity index (χ3v) is 1.75. The van der Waals surface area contributed by atoms with Crippen LogP contribution in [0.1, 0.15) is 5.69 Å². The van der Waals surface area contributed by atoms with E-state index in [-0.39, 0.29) is 0 Å². The highest BCUT2D eigenvalue weighted by Gasteiger charge is 2.15. The lowest BCUT2D eigenvalue weighted by atomic mass is 10.5. The quantitative estimate of drug-likeness (QED) is 0.418. The summed E-state index contributed by atoms with van der Waals surface area (Å²) in [6.07, 6.45) is 6.45. The summed E-state index contributed by atoms with van der Waals surface area (Å²) in [4.78, 5) is 7.92. The number of rotatable bonds is 3. The fourth-order valence-corrected chi connectivity index (χ4v) is 0.985. The van der Waals surface area contributed by atoms with Crippen molar-refractivity contribution in [2.24, 2.45) is 5.16 Å². The minimum Gasteiger partial charge on any atom is -0.456 e. The molecule has 0 unspecified atom stereocenters. The van der Waals surface area contributed by atoms with E-state index in [1.807, 2.05) is 0 Å². The molecule has 70 valence electrons. The molecule has 0 fully saturated rings. The summed E-state index contributed by atoms with van der Waals surface area (Å²) in [7, 11) is -1.56. The molecule has 0 radical (unpaired) electrons. The van der Waals surface area contributed by atoms with E-state index in [9.17, 15) is 0 Å². The molecule has 0 atom stereocenters. The topological polar surface area (TPSA) is 47.4 Å². The van der Waals surface area contributed by atoms with Gasteiger partial charge in [0.2, 0.25) is 0 Å². The van der Waals surface area contributed by atoms with Crippen LogP contribution in [0.3, 0.4) is 0 Å². The summed E-state index contributed by atoms with van der Waals surface area (Å²) >= 11 is 0. The maximum Gasteiger partial charge on any atom is 0.278 e. The second-order valence-corrected chi connectivity index (χ2v) is 7.98. The number of nitrogens with zero attached hydrogens (tertiary/aromatic N) is 3. The van der Waals surface area contributed by atoms with Crippen LogP contribution in [0.2, 0.25) is 19.6 Å². The van der Waals surface area contributed by atoms with Crippen molar-refractivity contribution < 1.29 is 4.53 Å².